The van der Waals surface area contributed by atoms with Gasteiger partial charge in [0.15, 0.2) is 18.2 Å². The third-order valence-corrected chi connectivity index (χ3v) is 4.56. The lowest BCUT2D eigenvalue weighted by Gasteiger charge is -2.07. The normalized spacial score (nSPS) is 10.4. The Kier molecular flexibility index (Phi) is 7.00. The van der Waals surface area contributed by atoms with Crippen molar-refractivity contribution in [3.8, 4) is 0 Å². The van der Waals surface area contributed by atoms with Crippen molar-refractivity contribution in [2.24, 2.45) is 0 Å². The van der Waals surface area contributed by atoms with Gasteiger partial charge in [0.05, 0.1) is 17.7 Å². The minimum atomic E-state index is -1.20. The Labute approximate surface area is 158 Å². The van der Waals surface area contributed by atoms with Crippen LogP contribution in [0, 0.1) is 11.6 Å². The molecule has 0 aliphatic rings. The van der Waals surface area contributed by atoms with Crippen LogP contribution in [0.1, 0.15) is 39.4 Å². The predicted molar refractivity (Wildman–Crippen MR) is 94.9 cm³/mol. The van der Waals surface area contributed by atoms with Gasteiger partial charge in [-0.2, -0.15) is 0 Å². The molecule has 1 aromatic heterocycles. The molecule has 0 spiro atoms. The average molecular weight is 397 g/mol. The number of carbonyl (C=O) groups is 3. The van der Waals surface area contributed by atoms with Gasteiger partial charge in [-0.25, -0.2) is 18.4 Å². The minimum absolute atomic E-state index is 0.190. The summed E-state index contributed by atoms with van der Waals surface area (Å²) in [5.74, 6) is -4.52. The van der Waals surface area contributed by atoms with Crippen molar-refractivity contribution in [3.63, 3.8) is 0 Å². The zero-order valence-electron chi connectivity index (χ0n) is 14.6. The van der Waals surface area contributed by atoms with Crippen LogP contribution in [-0.4, -0.2) is 31.1 Å². The number of esters is 2. The third kappa shape index (κ3) is 5.33. The molecule has 9 heteroatoms. The molecule has 6 nitrogen and oxygen atoms in total. The van der Waals surface area contributed by atoms with Gasteiger partial charge in [-0.3, -0.25) is 4.79 Å². The Hall–Kier alpha value is -2.81. The first-order chi connectivity index (χ1) is 12.8. The maximum Gasteiger partial charge on any atom is 0.341 e. The molecule has 0 atom stereocenters. The Morgan fingerprint density at radius 1 is 1.04 bits per heavy atom. The number of anilines is 1. The van der Waals surface area contributed by atoms with E-state index in [0.29, 0.717) is 17.5 Å². The quantitative estimate of drug-likeness (QED) is 0.723. The molecule has 144 valence electrons. The van der Waals surface area contributed by atoms with Crippen molar-refractivity contribution in [2.45, 2.75) is 20.3 Å². The first kappa shape index (κ1) is 20.5. The van der Waals surface area contributed by atoms with E-state index in [1.165, 1.54) is 11.3 Å². The van der Waals surface area contributed by atoms with Crippen LogP contribution >= 0.6 is 11.3 Å². The predicted octanol–water partition coefficient (Wildman–Crippen LogP) is 3.56. The number of ether oxygens (including phenoxy) is 2. The summed E-state index contributed by atoms with van der Waals surface area (Å²) in [7, 11) is 0. The number of nitrogens with one attached hydrogen (secondary N) is 1. The molecule has 1 heterocycles. The van der Waals surface area contributed by atoms with Gasteiger partial charge in [0.25, 0.3) is 5.91 Å². The highest BCUT2D eigenvalue weighted by atomic mass is 32.1. The SMILES string of the molecule is CCOC(=O)c1cc(CC)sc1NC(=O)COC(=O)c1ccc(F)c(F)c1. The fraction of sp³-hybridized carbons (Fsp3) is 0.278. The lowest BCUT2D eigenvalue weighted by atomic mass is 10.2. The van der Waals surface area contributed by atoms with Crippen molar-refractivity contribution in [1.29, 1.82) is 0 Å². The van der Waals surface area contributed by atoms with E-state index >= 15 is 0 Å². The molecule has 27 heavy (non-hydrogen) atoms. The van der Waals surface area contributed by atoms with E-state index < -0.39 is 36.1 Å². The molecule has 0 saturated heterocycles. The highest BCUT2D eigenvalue weighted by Crippen LogP contribution is 2.29. The third-order valence-electron chi connectivity index (χ3n) is 3.37. The van der Waals surface area contributed by atoms with Crippen LogP contribution in [0.3, 0.4) is 0 Å². The van der Waals surface area contributed by atoms with Gasteiger partial charge in [-0.1, -0.05) is 6.92 Å². The Balaban J connectivity index is 2.01. The highest BCUT2D eigenvalue weighted by molar-refractivity contribution is 7.16. The number of carbonyl (C=O) groups excluding carboxylic acids is 3. The first-order valence-corrected chi connectivity index (χ1v) is 8.89. The van der Waals surface area contributed by atoms with Crippen LogP contribution in [0.2, 0.25) is 0 Å². The minimum Gasteiger partial charge on any atom is -0.462 e. The summed E-state index contributed by atoms with van der Waals surface area (Å²) in [5, 5.41) is 2.79. The van der Waals surface area contributed by atoms with E-state index in [4.69, 9.17) is 9.47 Å². The summed E-state index contributed by atoms with van der Waals surface area (Å²) < 4.78 is 35.8. The molecule has 0 saturated carbocycles. The van der Waals surface area contributed by atoms with Gasteiger partial charge in [0.1, 0.15) is 5.00 Å². The van der Waals surface area contributed by atoms with Crippen molar-refractivity contribution in [2.75, 3.05) is 18.5 Å². The van der Waals surface area contributed by atoms with Gasteiger partial charge < -0.3 is 14.8 Å². The van der Waals surface area contributed by atoms with Gasteiger partial charge in [-0.15, -0.1) is 11.3 Å². The molecule has 0 aliphatic carbocycles. The number of aryl methyl sites for hydroxylation is 1. The topological polar surface area (TPSA) is 81.7 Å². The molecular formula is C18H17F2NO5S. The van der Waals surface area contributed by atoms with Crippen LogP contribution in [-0.2, 0) is 20.7 Å². The molecule has 1 aromatic carbocycles. The smallest absolute Gasteiger partial charge is 0.341 e. The molecule has 0 fully saturated rings. The second kappa shape index (κ2) is 9.22. The average Bonchev–Trinajstić information content (AvgIpc) is 3.05. The maximum atomic E-state index is 13.1. The summed E-state index contributed by atoms with van der Waals surface area (Å²) >= 11 is 1.21. The van der Waals surface area contributed by atoms with E-state index in [1.54, 1.807) is 13.0 Å². The summed E-state index contributed by atoms with van der Waals surface area (Å²) in [4.78, 5) is 36.7. The number of benzene rings is 1. The van der Waals surface area contributed by atoms with Crippen LogP contribution in [0.25, 0.3) is 0 Å². The molecule has 0 aliphatic heterocycles. The van der Waals surface area contributed by atoms with Crippen molar-refractivity contribution in [3.05, 3.63) is 51.9 Å². The van der Waals surface area contributed by atoms with E-state index in [-0.39, 0.29) is 17.7 Å². The largest absolute Gasteiger partial charge is 0.462 e. The summed E-state index contributed by atoms with van der Waals surface area (Å²) in [6, 6.07) is 4.15. The van der Waals surface area contributed by atoms with E-state index in [9.17, 15) is 23.2 Å². The number of halogens is 2. The number of rotatable bonds is 7. The van der Waals surface area contributed by atoms with Gasteiger partial charge >= 0.3 is 11.9 Å². The molecule has 0 unspecified atom stereocenters. The van der Waals surface area contributed by atoms with Crippen molar-refractivity contribution >= 4 is 34.2 Å². The zero-order chi connectivity index (χ0) is 20.0. The lowest BCUT2D eigenvalue weighted by molar-refractivity contribution is -0.119. The van der Waals surface area contributed by atoms with Crippen molar-refractivity contribution < 1.29 is 32.6 Å². The number of amides is 1. The zero-order valence-corrected chi connectivity index (χ0v) is 15.5. The van der Waals surface area contributed by atoms with E-state index in [0.717, 1.165) is 17.0 Å². The Bertz CT molecular complexity index is 865. The molecule has 2 aromatic rings. The molecule has 0 radical (unpaired) electrons. The molecular weight excluding hydrogens is 380 g/mol. The molecule has 0 bridgehead atoms. The maximum absolute atomic E-state index is 13.1. The van der Waals surface area contributed by atoms with Crippen molar-refractivity contribution in [1.82, 2.24) is 0 Å². The standard InChI is InChI=1S/C18H17F2NO5S/c1-3-11-8-12(18(24)25-4-2)16(27-11)21-15(22)9-26-17(23)10-5-6-13(19)14(20)7-10/h5-8H,3-4,9H2,1-2H3,(H,21,22). The second-order valence-corrected chi connectivity index (χ2v) is 6.42. The first-order valence-electron chi connectivity index (χ1n) is 8.07. The molecule has 1 N–H and O–H groups in total. The van der Waals surface area contributed by atoms with Crippen LogP contribution in [0.4, 0.5) is 13.8 Å². The fourth-order valence-corrected chi connectivity index (χ4v) is 3.07. The van der Waals surface area contributed by atoms with Gasteiger partial charge in [0, 0.05) is 4.88 Å². The highest BCUT2D eigenvalue weighted by Gasteiger charge is 2.19. The van der Waals surface area contributed by atoms with E-state index in [1.807, 2.05) is 6.92 Å². The van der Waals surface area contributed by atoms with Crippen LogP contribution < -0.4 is 5.32 Å². The second-order valence-electron chi connectivity index (χ2n) is 5.28. The summed E-state index contributed by atoms with van der Waals surface area (Å²) in [6.45, 7) is 3.10. The summed E-state index contributed by atoms with van der Waals surface area (Å²) in [6.07, 6.45) is 0.665. The van der Waals surface area contributed by atoms with E-state index in [2.05, 4.69) is 5.32 Å². The Morgan fingerprint density at radius 2 is 1.78 bits per heavy atom. The summed E-state index contributed by atoms with van der Waals surface area (Å²) in [5.41, 5.74) is -0.00251. The number of hydrogen-bond acceptors (Lipinski definition) is 6. The van der Waals surface area contributed by atoms with Crippen LogP contribution in [0.5, 0.6) is 0 Å². The van der Waals surface area contributed by atoms with Gasteiger partial charge in [0.2, 0.25) is 0 Å². The molecule has 1 amide bonds. The van der Waals surface area contributed by atoms with Crippen LogP contribution in [0.15, 0.2) is 24.3 Å². The lowest BCUT2D eigenvalue weighted by Crippen LogP contribution is -2.21. The Morgan fingerprint density at radius 3 is 2.41 bits per heavy atom. The van der Waals surface area contributed by atoms with Gasteiger partial charge in [-0.05, 0) is 37.6 Å². The fourth-order valence-electron chi connectivity index (χ4n) is 2.07. The molecule has 2 rings (SSSR count). The number of hydrogen-bond donors (Lipinski definition) is 1. The number of thiophene rings is 1. The monoisotopic (exact) mass is 397 g/mol.